The molecule has 0 atom stereocenters. The van der Waals surface area contributed by atoms with Crippen molar-refractivity contribution in [3.63, 3.8) is 0 Å². The Morgan fingerprint density at radius 2 is 1.71 bits per heavy atom. The van der Waals surface area contributed by atoms with Crippen LogP contribution in [0.25, 0.3) is 0 Å². The van der Waals surface area contributed by atoms with Gasteiger partial charge in [-0.25, -0.2) is 0 Å². The van der Waals surface area contributed by atoms with Crippen LogP contribution in [-0.2, 0) is 16.1 Å². The van der Waals surface area contributed by atoms with Crippen LogP contribution in [0.1, 0.15) is 18.4 Å². The van der Waals surface area contributed by atoms with E-state index in [9.17, 15) is 0 Å². The molecule has 8 heteroatoms. The Morgan fingerprint density at radius 1 is 1.00 bits per heavy atom. The molecule has 0 heterocycles. The third kappa shape index (κ3) is 13.1. The van der Waals surface area contributed by atoms with Gasteiger partial charge in [0.2, 0.25) is 0 Å². The number of rotatable bonds is 14. The van der Waals surface area contributed by atoms with Crippen LogP contribution in [0.15, 0.2) is 29.3 Å². The molecule has 0 saturated heterocycles. The van der Waals surface area contributed by atoms with Crippen LogP contribution in [0.3, 0.4) is 0 Å². The second kappa shape index (κ2) is 18.0. The van der Waals surface area contributed by atoms with Gasteiger partial charge in [0.1, 0.15) is 5.75 Å². The fourth-order valence-electron chi connectivity index (χ4n) is 2.47. The van der Waals surface area contributed by atoms with Gasteiger partial charge in [-0.05, 0) is 37.6 Å². The minimum absolute atomic E-state index is 0. The molecule has 2 N–H and O–H groups in total. The number of aliphatic imine (C=N–C) groups is 1. The molecule has 1 aromatic rings. The van der Waals surface area contributed by atoms with Crippen LogP contribution in [-0.4, -0.2) is 78.6 Å². The zero-order chi connectivity index (χ0) is 19.7. The van der Waals surface area contributed by atoms with Crippen LogP contribution < -0.4 is 15.4 Å². The number of benzene rings is 1. The van der Waals surface area contributed by atoms with Crippen molar-refractivity contribution < 1.29 is 14.2 Å². The third-order valence-electron chi connectivity index (χ3n) is 4.08. The molecule has 162 valence electrons. The van der Waals surface area contributed by atoms with Crippen molar-refractivity contribution in [2.75, 3.05) is 67.7 Å². The summed E-state index contributed by atoms with van der Waals surface area (Å²) in [5.74, 6) is 1.69. The van der Waals surface area contributed by atoms with Gasteiger partial charge >= 0.3 is 0 Å². The zero-order valence-corrected chi connectivity index (χ0v) is 20.0. The zero-order valence-electron chi connectivity index (χ0n) is 17.7. The van der Waals surface area contributed by atoms with Crippen LogP contribution >= 0.6 is 24.0 Å². The average molecular weight is 508 g/mol. The van der Waals surface area contributed by atoms with E-state index in [0.29, 0.717) is 13.2 Å². The first-order chi connectivity index (χ1) is 13.2. The first-order valence-electron chi connectivity index (χ1n) is 9.52. The fourth-order valence-corrected chi connectivity index (χ4v) is 2.47. The fraction of sp³-hybridized carbons (Fsp3) is 0.650. The second-order valence-corrected chi connectivity index (χ2v) is 6.33. The summed E-state index contributed by atoms with van der Waals surface area (Å²) in [6.07, 6.45) is 1.98. The molecule has 28 heavy (non-hydrogen) atoms. The highest BCUT2D eigenvalue weighted by Gasteiger charge is 2.01. The quantitative estimate of drug-likeness (QED) is 0.174. The number of halogens is 1. The summed E-state index contributed by atoms with van der Waals surface area (Å²) < 4.78 is 15.9. The van der Waals surface area contributed by atoms with E-state index < -0.39 is 0 Å². The normalized spacial score (nSPS) is 11.2. The molecule has 0 saturated carbocycles. The Morgan fingerprint density at radius 3 is 2.36 bits per heavy atom. The van der Waals surface area contributed by atoms with Crippen molar-refractivity contribution >= 4 is 29.9 Å². The number of guanidine groups is 1. The highest BCUT2D eigenvalue weighted by atomic mass is 127. The smallest absolute Gasteiger partial charge is 0.191 e. The van der Waals surface area contributed by atoms with Gasteiger partial charge in [-0.15, -0.1) is 24.0 Å². The molecule has 0 bridgehead atoms. The Hall–Kier alpha value is -1.10. The van der Waals surface area contributed by atoms with Crippen molar-refractivity contribution in [1.29, 1.82) is 0 Å². The maximum Gasteiger partial charge on any atom is 0.191 e. The van der Waals surface area contributed by atoms with E-state index in [4.69, 9.17) is 14.2 Å². The van der Waals surface area contributed by atoms with Crippen LogP contribution in [0.5, 0.6) is 5.75 Å². The minimum atomic E-state index is 0. The summed E-state index contributed by atoms with van der Waals surface area (Å²) in [6.45, 7) is 5.82. The van der Waals surface area contributed by atoms with E-state index in [-0.39, 0.29) is 24.0 Å². The van der Waals surface area contributed by atoms with Crippen molar-refractivity contribution in [3.05, 3.63) is 29.8 Å². The minimum Gasteiger partial charge on any atom is -0.497 e. The van der Waals surface area contributed by atoms with Gasteiger partial charge in [-0.3, -0.25) is 4.99 Å². The van der Waals surface area contributed by atoms with Crippen LogP contribution in [0.2, 0.25) is 0 Å². The molecule has 0 aromatic heterocycles. The van der Waals surface area contributed by atoms with Crippen LogP contribution in [0, 0.1) is 0 Å². The Balaban J connectivity index is 0.00000729. The molecular formula is C20H37IN4O3. The lowest BCUT2D eigenvalue weighted by Gasteiger charge is -2.18. The predicted octanol–water partition coefficient (Wildman–Crippen LogP) is 2.35. The van der Waals surface area contributed by atoms with Crippen molar-refractivity contribution in [3.8, 4) is 5.75 Å². The van der Waals surface area contributed by atoms with Gasteiger partial charge in [-0.2, -0.15) is 0 Å². The summed E-state index contributed by atoms with van der Waals surface area (Å²) in [6, 6.07) is 7.94. The van der Waals surface area contributed by atoms with Crippen molar-refractivity contribution in [1.82, 2.24) is 15.5 Å². The molecular weight excluding hydrogens is 471 g/mol. The summed E-state index contributed by atoms with van der Waals surface area (Å²) in [7, 11) is 7.31. The predicted molar refractivity (Wildman–Crippen MR) is 126 cm³/mol. The van der Waals surface area contributed by atoms with E-state index in [1.54, 1.807) is 21.3 Å². The molecule has 0 amide bonds. The number of methoxy groups -OCH3 is 2. The van der Waals surface area contributed by atoms with Gasteiger partial charge in [0.15, 0.2) is 5.96 Å². The van der Waals surface area contributed by atoms with Gasteiger partial charge in [0.05, 0.1) is 13.7 Å². The maximum absolute atomic E-state index is 5.71. The summed E-state index contributed by atoms with van der Waals surface area (Å²) >= 11 is 0. The summed E-state index contributed by atoms with van der Waals surface area (Å²) in [4.78, 5) is 6.53. The molecule has 0 radical (unpaired) electrons. The standard InChI is InChI=1S/C20H36N4O3.HI/c1-21-20(23-12-14-24(2)13-6-15-25-3)22-11-5-16-27-17-18-7-9-19(26-4)10-8-18;/h7-10H,5-6,11-17H2,1-4H3,(H2,21,22,23);1H. The molecule has 0 aliphatic rings. The lowest BCUT2D eigenvalue weighted by molar-refractivity contribution is 0.119. The number of nitrogens with one attached hydrogen (secondary N) is 2. The average Bonchev–Trinajstić information content (AvgIpc) is 2.69. The molecule has 0 aliphatic heterocycles. The van der Waals surface area contributed by atoms with E-state index in [1.165, 1.54) is 0 Å². The molecule has 1 aromatic carbocycles. The maximum atomic E-state index is 5.71. The SMILES string of the molecule is CN=C(NCCCOCc1ccc(OC)cc1)NCCN(C)CCCOC.I. The molecule has 0 unspecified atom stereocenters. The van der Waals surface area contributed by atoms with Crippen LogP contribution in [0.4, 0.5) is 0 Å². The van der Waals surface area contributed by atoms with E-state index in [2.05, 4.69) is 27.6 Å². The number of hydrogen-bond donors (Lipinski definition) is 2. The molecule has 0 fully saturated rings. The molecule has 7 nitrogen and oxygen atoms in total. The van der Waals surface area contributed by atoms with Crippen molar-refractivity contribution in [2.24, 2.45) is 4.99 Å². The number of likely N-dealkylation sites (N-methyl/N-ethyl adjacent to an activating group) is 1. The van der Waals surface area contributed by atoms with Crippen molar-refractivity contribution in [2.45, 2.75) is 19.4 Å². The highest BCUT2D eigenvalue weighted by Crippen LogP contribution is 2.11. The first-order valence-corrected chi connectivity index (χ1v) is 9.52. The van der Waals surface area contributed by atoms with Gasteiger partial charge in [-0.1, -0.05) is 12.1 Å². The van der Waals surface area contributed by atoms with E-state index in [0.717, 1.165) is 62.9 Å². The van der Waals surface area contributed by atoms with Gasteiger partial charge in [0, 0.05) is 53.6 Å². The monoisotopic (exact) mass is 508 g/mol. The Kier molecular flexibility index (Phi) is 17.3. The lowest BCUT2D eigenvalue weighted by atomic mass is 10.2. The first kappa shape index (κ1) is 26.9. The molecule has 0 spiro atoms. The number of ether oxygens (including phenoxy) is 3. The molecule has 1 rings (SSSR count). The number of hydrogen-bond acceptors (Lipinski definition) is 5. The third-order valence-corrected chi connectivity index (χ3v) is 4.08. The second-order valence-electron chi connectivity index (χ2n) is 6.33. The molecule has 0 aliphatic carbocycles. The number of nitrogens with zero attached hydrogens (tertiary/aromatic N) is 2. The van der Waals surface area contributed by atoms with Gasteiger partial charge in [0.25, 0.3) is 0 Å². The van der Waals surface area contributed by atoms with E-state index >= 15 is 0 Å². The topological polar surface area (TPSA) is 67.4 Å². The highest BCUT2D eigenvalue weighted by molar-refractivity contribution is 14.0. The Labute approximate surface area is 187 Å². The largest absolute Gasteiger partial charge is 0.497 e. The van der Waals surface area contributed by atoms with E-state index in [1.807, 2.05) is 24.3 Å². The lowest BCUT2D eigenvalue weighted by Crippen LogP contribution is -2.41. The summed E-state index contributed by atoms with van der Waals surface area (Å²) in [5, 5.41) is 6.64. The summed E-state index contributed by atoms with van der Waals surface area (Å²) in [5.41, 5.74) is 1.15. The van der Waals surface area contributed by atoms with Gasteiger partial charge < -0.3 is 29.7 Å². The Bertz CT molecular complexity index is 515.